The van der Waals surface area contributed by atoms with Crippen molar-refractivity contribution >= 4 is 17.3 Å². The van der Waals surface area contributed by atoms with Crippen LogP contribution in [-0.4, -0.2) is 18.1 Å². The van der Waals surface area contributed by atoms with Gasteiger partial charge in [0.15, 0.2) is 5.69 Å². The first-order valence-electron chi connectivity index (χ1n) is 5.74. The van der Waals surface area contributed by atoms with E-state index in [1.807, 2.05) is 0 Å². The van der Waals surface area contributed by atoms with Crippen molar-refractivity contribution in [3.8, 4) is 0 Å². The highest BCUT2D eigenvalue weighted by atomic mass is 32.1. The van der Waals surface area contributed by atoms with Crippen molar-refractivity contribution < 1.29 is 9.53 Å². The molecule has 0 N–H and O–H groups in total. The minimum Gasteiger partial charge on any atom is -0.464 e. The van der Waals surface area contributed by atoms with E-state index in [0.29, 0.717) is 11.6 Å². The Morgan fingerprint density at radius 1 is 1.44 bits per heavy atom. The van der Waals surface area contributed by atoms with Crippen LogP contribution in [0.3, 0.4) is 0 Å². The summed E-state index contributed by atoms with van der Waals surface area (Å²) in [5.74, 6) is 1.07. The smallest absolute Gasteiger partial charge is 0.357 e. The quantitative estimate of drug-likeness (QED) is 0.744. The third kappa shape index (κ3) is 2.43. The van der Waals surface area contributed by atoms with Gasteiger partial charge in [-0.05, 0) is 18.8 Å². The maximum atomic E-state index is 11.3. The summed E-state index contributed by atoms with van der Waals surface area (Å²) in [5, 5.41) is 2.91. The highest BCUT2D eigenvalue weighted by molar-refractivity contribution is 7.09. The third-order valence-electron chi connectivity index (χ3n) is 3.28. The van der Waals surface area contributed by atoms with Gasteiger partial charge >= 0.3 is 5.97 Å². The molecule has 1 aromatic rings. The summed E-state index contributed by atoms with van der Waals surface area (Å²) >= 11 is 1.59. The number of rotatable bonds is 2. The van der Waals surface area contributed by atoms with Crippen LogP contribution in [0.15, 0.2) is 5.38 Å². The van der Waals surface area contributed by atoms with Gasteiger partial charge in [-0.3, -0.25) is 0 Å². The van der Waals surface area contributed by atoms with E-state index in [-0.39, 0.29) is 5.97 Å². The lowest BCUT2D eigenvalue weighted by molar-refractivity contribution is 0.0594. The number of hydrogen-bond acceptors (Lipinski definition) is 4. The molecule has 0 atom stereocenters. The molecular formula is C12H17NO2S. The van der Waals surface area contributed by atoms with Crippen molar-refractivity contribution in [2.24, 2.45) is 5.92 Å². The summed E-state index contributed by atoms with van der Waals surface area (Å²) in [7, 11) is 1.39. The van der Waals surface area contributed by atoms with Crippen LogP contribution in [0.1, 0.15) is 54.0 Å². The highest BCUT2D eigenvalue weighted by Crippen LogP contribution is 2.36. The molecule has 2 rings (SSSR count). The zero-order valence-electron chi connectivity index (χ0n) is 9.73. The fraction of sp³-hybridized carbons (Fsp3) is 0.667. The molecular weight excluding hydrogens is 222 g/mol. The first kappa shape index (κ1) is 11.6. The number of ether oxygens (including phenoxy) is 1. The topological polar surface area (TPSA) is 39.2 Å². The van der Waals surface area contributed by atoms with Gasteiger partial charge in [0.25, 0.3) is 0 Å². The summed E-state index contributed by atoms with van der Waals surface area (Å²) in [6, 6.07) is 0. The van der Waals surface area contributed by atoms with Crippen LogP contribution in [0.5, 0.6) is 0 Å². The van der Waals surface area contributed by atoms with Crippen molar-refractivity contribution in [1.29, 1.82) is 0 Å². The van der Waals surface area contributed by atoms with E-state index in [1.165, 1.54) is 32.8 Å². The number of carbonyl (C=O) groups is 1. The van der Waals surface area contributed by atoms with Gasteiger partial charge in [-0.2, -0.15) is 0 Å². The molecule has 4 heteroatoms. The molecule has 0 aromatic carbocycles. The Bertz CT molecular complexity index is 367. The van der Waals surface area contributed by atoms with Gasteiger partial charge in [0.1, 0.15) is 0 Å². The maximum Gasteiger partial charge on any atom is 0.357 e. The second-order valence-corrected chi connectivity index (χ2v) is 5.41. The third-order valence-corrected chi connectivity index (χ3v) is 4.29. The van der Waals surface area contributed by atoms with Crippen LogP contribution in [0.25, 0.3) is 0 Å². The Kier molecular flexibility index (Phi) is 3.59. The molecule has 16 heavy (non-hydrogen) atoms. The first-order chi connectivity index (χ1) is 7.70. The van der Waals surface area contributed by atoms with E-state index in [1.54, 1.807) is 16.7 Å². The number of esters is 1. The second-order valence-electron chi connectivity index (χ2n) is 4.52. The molecule has 0 saturated heterocycles. The summed E-state index contributed by atoms with van der Waals surface area (Å²) in [6.45, 7) is 2.30. The lowest BCUT2D eigenvalue weighted by Gasteiger charge is -2.24. The molecule has 0 bridgehead atoms. The Hall–Kier alpha value is -0.900. The van der Waals surface area contributed by atoms with Gasteiger partial charge in [-0.15, -0.1) is 11.3 Å². The largest absolute Gasteiger partial charge is 0.464 e. The maximum absolute atomic E-state index is 11.3. The second kappa shape index (κ2) is 4.95. The lowest BCUT2D eigenvalue weighted by atomic mass is 9.83. The van der Waals surface area contributed by atoms with Gasteiger partial charge in [-0.1, -0.05) is 19.8 Å². The van der Waals surface area contributed by atoms with E-state index in [2.05, 4.69) is 16.6 Å². The molecule has 0 unspecified atom stereocenters. The Labute approximate surface area is 99.8 Å². The van der Waals surface area contributed by atoms with Crippen LogP contribution in [0, 0.1) is 5.92 Å². The van der Waals surface area contributed by atoms with Gasteiger partial charge in [-0.25, -0.2) is 9.78 Å². The van der Waals surface area contributed by atoms with Crippen molar-refractivity contribution in [2.75, 3.05) is 7.11 Å². The molecule has 1 fully saturated rings. The van der Waals surface area contributed by atoms with Crippen LogP contribution >= 0.6 is 11.3 Å². The predicted molar refractivity (Wildman–Crippen MR) is 63.8 cm³/mol. The molecule has 1 heterocycles. The van der Waals surface area contributed by atoms with Gasteiger partial charge in [0, 0.05) is 11.3 Å². The monoisotopic (exact) mass is 239 g/mol. The molecule has 1 saturated carbocycles. The van der Waals surface area contributed by atoms with E-state index in [4.69, 9.17) is 0 Å². The SMILES string of the molecule is COC(=O)c1csc(C2CCC(C)CC2)n1. The minimum absolute atomic E-state index is 0.327. The van der Waals surface area contributed by atoms with E-state index in [0.717, 1.165) is 10.9 Å². The minimum atomic E-state index is -0.327. The number of nitrogens with zero attached hydrogens (tertiary/aromatic N) is 1. The van der Waals surface area contributed by atoms with E-state index >= 15 is 0 Å². The average molecular weight is 239 g/mol. The van der Waals surface area contributed by atoms with Crippen molar-refractivity contribution in [1.82, 2.24) is 4.98 Å². The summed E-state index contributed by atoms with van der Waals surface area (Å²) in [5.41, 5.74) is 0.459. The van der Waals surface area contributed by atoms with Crippen LogP contribution < -0.4 is 0 Å². The van der Waals surface area contributed by atoms with E-state index in [9.17, 15) is 4.79 Å². The van der Waals surface area contributed by atoms with E-state index < -0.39 is 0 Å². The number of aromatic nitrogens is 1. The Balaban J connectivity index is 2.04. The summed E-state index contributed by atoms with van der Waals surface area (Å²) in [4.78, 5) is 15.7. The molecule has 88 valence electrons. The average Bonchev–Trinajstić information content (AvgIpc) is 2.78. The fourth-order valence-corrected chi connectivity index (χ4v) is 3.14. The van der Waals surface area contributed by atoms with Crippen molar-refractivity contribution in [3.05, 3.63) is 16.1 Å². The highest BCUT2D eigenvalue weighted by Gasteiger charge is 2.23. The standard InChI is InChI=1S/C12H17NO2S/c1-8-3-5-9(6-4-8)11-13-10(7-16-11)12(14)15-2/h7-9H,3-6H2,1-2H3. The summed E-state index contributed by atoms with van der Waals surface area (Å²) in [6.07, 6.45) is 4.96. The number of methoxy groups -OCH3 is 1. The normalized spacial score (nSPS) is 25.4. The summed E-state index contributed by atoms with van der Waals surface area (Å²) < 4.78 is 4.66. The molecule has 0 amide bonds. The molecule has 1 aromatic heterocycles. The Morgan fingerprint density at radius 3 is 2.75 bits per heavy atom. The molecule has 0 radical (unpaired) electrons. The molecule has 3 nitrogen and oxygen atoms in total. The predicted octanol–water partition coefficient (Wildman–Crippen LogP) is 3.22. The number of hydrogen-bond donors (Lipinski definition) is 0. The van der Waals surface area contributed by atoms with Crippen LogP contribution in [0.2, 0.25) is 0 Å². The zero-order chi connectivity index (χ0) is 11.5. The molecule has 0 spiro atoms. The Morgan fingerprint density at radius 2 is 2.12 bits per heavy atom. The van der Waals surface area contributed by atoms with Crippen LogP contribution in [0.4, 0.5) is 0 Å². The number of carbonyl (C=O) groups excluding carboxylic acids is 1. The molecule has 1 aliphatic carbocycles. The van der Waals surface area contributed by atoms with Gasteiger partial charge in [0.05, 0.1) is 12.1 Å². The van der Waals surface area contributed by atoms with Crippen molar-refractivity contribution in [2.45, 2.75) is 38.5 Å². The van der Waals surface area contributed by atoms with Crippen LogP contribution in [-0.2, 0) is 4.74 Å². The lowest BCUT2D eigenvalue weighted by Crippen LogP contribution is -2.11. The molecule has 0 aliphatic heterocycles. The van der Waals surface area contributed by atoms with Gasteiger partial charge < -0.3 is 4.74 Å². The van der Waals surface area contributed by atoms with Gasteiger partial charge in [0.2, 0.25) is 0 Å². The number of thiazole rings is 1. The fourth-order valence-electron chi connectivity index (χ4n) is 2.18. The van der Waals surface area contributed by atoms with Crippen molar-refractivity contribution in [3.63, 3.8) is 0 Å². The molecule has 1 aliphatic rings. The first-order valence-corrected chi connectivity index (χ1v) is 6.62. The zero-order valence-corrected chi connectivity index (χ0v) is 10.5.